The lowest BCUT2D eigenvalue weighted by atomic mass is 9.99. The Labute approximate surface area is 183 Å². The van der Waals surface area contributed by atoms with Crippen LogP contribution in [0.25, 0.3) is 22.4 Å². The van der Waals surface area contributed by atoms with Gasteiger partial charge in [-0.15, -0.1) is 0 Å². The van der Waals surface area contributed by atoms with E-state index in [1.165, 1.54) is 11.8 Å². The van der Waals surface area contributed by atoms with E-state index in [9.17, 15) is 10.1 Å². The first-order chi connectivity index (χ1) is 14.0. The van der Waals surface area contributed by atoms with Gasteiger partial charge in [0.25, 0.3) is 0 Å². The van der Waals surface area contributed by atoms with Crippen molar-refractivity contribution in [1.29, 1.82) is 5.26 Å². The average molecular weight is 467 g/mol. The van der Waals surface area contributed by atoms with E-state index < -0.39 is 5.25 Å². The molecule has 0 aliphatic carbocycles. The second-order valence-corrected chi connectivity index (χ2v) is 8.48. The number of rotatable bonds is 6. The van der Waals surface area contributed by atoms with Crippen molar-refractivity contribution in [3.05, 3.63) is 70.7 Å². The highest BCUT2D eigenvalue weighted by atomic mass is 79.9. The molecule has 0 aliphatic heterocycles. The minimum Gasteiger partial charge on any atom is -0.465 e. The highest BCUT2D eigenvalue weighted by Crippen LogP contribution is 2.36. The monoisotopic (exact) mass is 466 g/mol. The fourth-order valence-electron chi connectivity index (χ4n) is 2.80. The number of aromatic nitrogens is 1. The predicted octanol–water partition coefficient (Wildman–Crippen LogP) is 6.09. The first-order valence-corrected chi connectivity index (χ1v) is 10.8. The summed E-state index contributed by atoms with van der Waals surface area (Å²) in [5.74, 6) is -0.321. The normalized spacial score (nSPS) is 11.5. The minimum absolute atomic E-state index is 0.316. The molecule has 0 aliphatic rings. The molecule has 0 radical (unpaired) electrons. The summed E-state index contributed by atoms with van der Waals surface area (Å²) < 4.78 is 6.09. The van der Waals surface area contributed by atoms with Gasteiger partial charge in [0.05, 0.1) is 17.9 Å². The van der Waals surface area contributed by atoms with E-state index in [2.05, 4.69) is 22.0 Å². The number of carbonyl (C=O) groups excluding carboxylic acids is 1. The molecule has 2 aromatic carbocycles. The van der Waals surface area contributed by atoms with E-state index in [4.69, 9.17) is 9.72 Å². The Morgan fingerprint density at radius 2 is 1.86 bits per heavy atom. The van der Waals surface area contributed by atoms with E-state index in [1.807, 2.05) is 60.7 Å². The summed E-state index contributed by atoms with van der Waals surface area (Å²) in [7, 11) is 0. The van der Waals surface area contributed by atoms with Gasteiger partial charge in [-0.2, -0.15) is 5.26 Å². The standard InChI is InChI=1S/C23H19BrN2O2S/c1-3-28-23(27)15(2)29-22-20(14-25)19(16-7-5-4-6-8-16)13-21(26-22)17-9-11-18(24)12-10-17/h4-13,15H,3H2,1-2H3. The Kier molecular flexibility index (Phi) is 7.08. The molecule has 0 saturated heterocycles. The summed E-state index contributed by atoms with van der Waals surface area (Å²) >= 11 is 4.70. The van der Waals surface area contributed by atoms with Crippen LogP contribution in [0.1, 0.15) is 19.4 Å². The summed E-state index contributed by atoms with van der Waals surface area (Å²) in [5, 5.41) is 9.93. The maximum absolute atomic E-state index is 12.1. The van der Waals surface area contributed by atoms with Crippen LogP contribution in [-0.2, 0) is 9.53 Å². The maximum atomic E-state index is 12.1. The fourth-order valence-corrected chi connectivity index (χ4v) is 3.99. The number of nitrogens with zero attached hydrogens (tertiary/aromatic N) is 2. The molecular formula is C23H19BrN2O2S. The molecule has 1 heterocycles. The third-order valence-electron chi connectivity index (χ3n) is 4.23. The number of pyridine rings is 1. The molecule has 1 atom stereocenters. The van der Waals surface area contributed by atoms with Crippen LogP contribution >= 0.6 is 27.7 Å². The van der Waals surface area contributed by atoms with E-state index >= 15 is 0 Å². The number of hydrogen-bond acceptors (Lipinski definition) is 5. The third kappa shape index (κ3) is 5.06. The van der Waals surface area contributed by atoms with Crippen molar-refractivity contribution >= 4 is 33.7 Å². The van der Waals surface area contributed by atoms with Crippen LogP contribution in [0.15, 0.2) is 70.2 Å². The summed E-state index contributed by atoms with van der Waals surface area (Å²) in [5.41, 5.74) is 3.85. The number of hydrogen-bond donors (Lipinski definition) is 0. The quantitative estimate of drug-likeness (QED) is 0.324. The number of esters is 1. The zero-order chi connectivity index (χ0) is 20.8. The van der Waals surface area contributed by atoms with Crippen molar-refractivity contribution in [1.82, 2.24) is 4.98 Å². The fraction of sp³-hybridized carbons (Fsp3) is 0.174. The Bertz CT molecular complexity index is 1050. The Balaban J connectivity index is 2.15. The lowest BCUT2D eigenvalue weighted by molar-refractivity contribution is -0.142. The molecule has 6 heteroatoms. The number of thioether (sulfide) groups is 1. The number of nitriles is 1. The summed E-state index contributed by atoms with van der Waals surface area (Å²) in [6, 6.07) is 21.8. The molecule has 0 spiro atoms. The molecule has 1 unspecified atom stereocenters. The first-order valence-electron chi connectivity index (χ1n) is 9.13. The Morgan fingerprint density at radius 1 is 1.17 bits per heavy atom. The van der Waals surface area contributed by atoms with Crippen molar-refractivity contribution in [2.24, 2.45) is 0 Å². The summed E-state index contributed by atoms with van der Waals surface area (Å²) in [6.45, 7) is 3.85. The maximum Gasteiger partial charge on any atom is 0.319 e. The largest absolute Gasteiger partial charge is 0.465 e. The molecule has 0 amide bonds. The van der Waals surface area contributed by atoms with E-state index in [-0.39, 0.29) is 5.97 Å². The lowest BCUT2D eigenvalue weighted by Gasteiger charge is -2.15. The van der Waals surface area contributed by atoms with Crippen LogP contribution < -0.4 is 0 Å². The van der Waals surface area contributed by atoms with Gasteiger partial charge in [-0.25, -0.2) is 4.98 Å². The van der Waals surface area contributed by atoms with Crippen LogP contribution in [-0.4, -0.2) is 22.8 Å². The summed E-state index contributed by atoms with van der Waals surface area (Å²) in [6.07, 6.45) is 0. The molecule has 3 aromatic rings. The number of carbonyl (C=O) groups is 1. The average Bonchev–Trinajstić information content (AvgIpc) is 2.74. The molecule has 0 bridgehead atoms. The van der Waals surface area contributed by atoms with Gasteiger partial charge < -0.3 is 4.74 Å². The lowest BCUT2D eigenvalue weighted by Crippen LogP contribution is -2.17. The van der Waals surface area contributed by atoms with Crippen LogP contribution in [0.5, 0.6) is 0 Å². The first kappa shape index (κ1) is 21.1. The van der Waals surface area contributed by atoms with Crippen LogP contribution in [0.3, 0.4) is 0 Å². The molecule has 1 aromatic heterocycles. The van der Waals surface area contributed by atoms with Gasteiger partial charge in [0.15, 0.2) is 0 Å². The van der Waals surface area contributed by atoms with Crippen LogP contribution in [0, 0.1) is 11.3 Å². The van der Waals surface area contributed by atoms with E-state index in [1.54, 1.807) is 13.8 Å². The smallest absolute Gasteiger partial charge is 0.319 e. The van der Waals surface area contributed by atoms with Gasteiger partial charge in [-0.05, 0) is 37.6 Å². The number of ether oxygens (including phenoxy) is 1. The number of halogens is 1. The highest BCUT2D eigenvalue weighted by Gasteiger charge is 2.22. The van der Waals surface area contributed by atoms with Gasteiger partial charge in [0.1, 0.15) is 16.3 Å². The zero-order valence-corrected chi connectivity index (χ0v) is 18.5. The molecule has 0 fully saturated rings. The zero-order valence-electron chi connectivity index (χ0n) is 16.1. The van der Waals surface area contributed by atoms with Gasteiger partial charge in [-0.1, -0.05) is 70.2 Å². The predicted molar refractivity (Wildman–Crippen MR) is 119 cm³/mol. The van der Waals surface area contributed by atoms with E-state index in [0.29, 0.717) is 17.2 Å². The van der Waals surface area contributed by atoms with Gasteiger partial charge in [0.2, 0.25) is 0 Å². The van der Waals surface area contributed by atoms with Gasteiger partial charge in [-0.3, -0.25) is 4.79 Å². The third-order valence-corrected chi connectivity index (χ3v) is 5.82. The van der Waals surface area contributed by atoms with Gasteiger partial charge >= 0.3 is 5.97 Å². The second-order valence-electron chi connectivity index (χ2n) is 6.23. The molecular weight excluding hydrogens is 448 g/mol. The molecule has 3 rings (SSSR count). The minimum atomic E-state index is -0.474. The van der Waals surface area contributed by atoms with Crippen molar-refractivity contribution in [3.63, 3.8) is 0 Å². The molecule has 0 N–H and O–H groups in total. The van der Waals surface area contributed by atoms with Crippen molar-refractivity contribution in [2.75, 3.05) is 6.61 Å². The second kappa shape index (κ2) is 9.73. The van der Waals surface area contributed by atoms with Crippen molar-refractivity contribution < 1.29 is 9.53 Å². The molecule has 0 saturated carbocycles. The highest BCUT2D eigenvalue weighted by molar-refractivity contribution is 9.10. The molecule has 146 valence electrons. The van der Waals surface area contributed by atoms with Crippen molar-refractivity contribution in [3.8, 4) is 28.5 Å². The Hall–Kier alpha value is -2.62. The molecule has 4 nitrogen and oxygen atoms in total. The van der Waals surface area contributed by atoms with Crippen LogP contribution in [0.2, 0.25) is 0 Å². The van der Waals surface area contributed by atoms with Crippen molar-refractivity contribution in [2.45, 2.75) is 24.1 Å². The van der Waals surface area contributed by atoms with Crippen LogP contribution in [0.4, 0.5) is 0 Å². The summed E-state index contributed by atoms with van der Waals surface area (Å²) in [4.78, 5) is 16.9. The van der Waals surface area contributed by atoms with Gasteiger partial charge in [0, 0.05) is 15.6 Å². The molecule has 29 heavy (non-hydrogen) atoms. The topological polar surface area (TPSA) is 63.0 Å². The Morgan fingerprint density at radius 3 is 2.48 bits per heavy atom. The van der Waals surface area contributed by atoms with E-state index in [0.717, 1.165) is 26.9 Å². The number of benzene rings is 2. The SMILES string of the molecule is CCOC(=O)C(C)Sc1nc(-c2ccc(Br)cc2)cc(-c2ccccc2)c1C#N.